The van der Waals surface area contributed by atoms with Crippen molar-refractivity contribution in [1.82, 2.24) is 14.9 Å². The van der Waals surface area contributed by atoms with Crippen molar-refractivity contribution in [2.24, 2.45) is 0 Å². The summed E-state index contributed by atoms with van der Waals surface area (Å²) in [5, 5.41) is 12.5. The summed E-state index contributed by atoms with van der Waals surface area (Å²) >= 11 is 0. The lowest BCUT2D eigenvalue weighted by molar-refractivity contribution is 0.215. The van der Waals surface area contributed by atoms with Gasteiger partial charge in [0.05, 0.1) is 6.33 Å². The Bertz CT molecular complexity index is 274. The largest absolute Gasteiger partial charge is 0.396 e. The maximum Gasteiger partial charge on any atom is 0.0945 e. The van der Waals surface area contributed by atoms with Gasteiger partial charge in [-0.2, -0.15) is 0 Å². The smallest absolute Gasteiger partial charge is 0.0945 e. The van der Waals surface area contributed by atoms with Crippen molar-refractivity contribution in [3.8, 4) is 0 Å². The molecule has 1 unspecified atom stereocenters. The van der Waals surface area contributed by atoms with Gasteiger partial charge in [-0.1, -0.05) is 6.92 Å². The molecule has 1 rings (SSSR count). The van der Waals surface area contributed by atoms with Crippen molar-refractivity contribution in [1.29, 1.82) is 0 Å². The molecule has 2 N–H and O–H groups in total. The molecule has 16 heavy (non-hydrogen) atoms. The summed E-state index contributed by atoms with van der Waals surface area (Å²) in [5.41, 5.74) is 0.0731. The third kappa shape index (κ3) is 4.33. The quantitative estimate of drug-likeness (QED) is 0.658. The van der Waals surface area contributed by atoms with E-state index in [1.807, 2.05) is 12.5 Å². The normalized spacial score (nSPS) is 14.9. The Balaban J connectivity index is 2.18. The van der Waals surface area contributed by atoms with Crippen molar-refractivity contribution in [3.63, 3.8) is 0 Å². The molecule has 0 fully saturated rings. The van der Waals surface area contributed by atoms with Crippen LogP contribution in [0.2, 0.25) is 0 Å². The number of aromatic nitrogens is 2. The Morgan fingerprint density at radius 2 is 2.31 bits per heavy atom. The Morgan fingerprint density at radius 1 is 1.50 bits per heavy atom. The van der Waals surface area contributed by atoms with Crippen molar-refractivity contribution < 1.29 is 5.11 Å². The number of aryl methyl sites for hydroxylation is 1. The molecule has 4 nitrogen and oxygen atoms in total. The van der Waals surface area contributed by atoms with E-state index in [-0.39, 0.29) is 12.1 Å². The number of aliphatic hydroxyl groups excluding tert-OH is 1. The third-order valence-electron chi connectivity index (χ3n) is 3.15. The standard InChI is InChI=1S/C12H23N3O/c1-3-12(2,5-10-16)14-6-4-8-15-9-7-13-11-15/h7,9,11,14,16H,3-6,8,10H2,1-2H3. The van der Waals surface area contributed by atoms with Crippen LogP contribution in [-0.4, -0.2) is 33.3 Å². The van der Waals surface area contributed by atoms with Crippen molar-refractivity contribution in [2.45, 2.75) is 45.2 Å². The first-order chi connectivity index (χ1) is 7.70. The Kier molecular flexibility index (Phi) is 5.49. The molecule has 0 spiro atoms. The van der Waals surface area contributed by atoms with E-state index in [1.165, 1.54) is 0 Å². The van der Waals surface area contributed by atoms with Gasteiger partial charge >= 0.3 is 0 Å². The molecule has 0 aliphatic rings. The number of nitrogens with zero attached hydrogens (tertiary/aromatic N) is 2. The highest BCUT2D eigenvalue weighted by Crippen LogP contribution is 2.13. The summed E-state index contributed by atoms with van der Waals surface area (Å²) in [6.45, 7) is 6.53. The first-order valence-electron chi connectivity index (χ1n) is 6.02. The van der Waals surface area contributed by atoms with E-state index in [0.29, 0.717) is 0 Å². The number of nitrogens with one attached hydrogen (secondary N) is 1. The number of aliphatic hydroxyl groups is 1. The molecule has 0 saturated carbocycles. The van der Waals surface area contributed by atoms with Crippen LogP contribution in [0.5, 0.6) is 0 Å². The van der Waals surface area contributed by atoms with Crippen LogP contribution in [-0.2, 0) is 6.54 Å². The molecule has 0 bridgehead atoms. The number of hydrogen-bond donors (Lipinski definition) is 2. The maximum absolute atomic E-state index is 8.99. The summed E-state index contributed by atoms with van der Waals surface area (Å²) in [7, 11) is 0. The van der Waals surface area contributed by atoms with Crippen LogP contribution in [0.1, 0.15) is 33.1 Å². The summed E-state index contributed by atoms with van der Waals surface area (Å²) in [5.74, 6) is 0. The molecule has 0 aliphatic heterocycles. The van der Waals surface area contributed by atoms with E-state index < -0.39 is 0 Å². The monoisotopic (exact) mass is 225 g/mol. The van der Waals surface area contributed by atoms with E-state index in [4.69, 9.17) is 5.11 Å². The summed E-state index contributed by atoms with van der Waals surface area (Å²) in [4.78, 5) is 4.00. The molecule has 0 amide bonds. The van der Waals surface area contributed by atoms with Crippen molar-refractivity contribution in [3.05, 3.63) is 18.7 Å². The topological polar surface area (TPSA) is 50.1 Å². The lowest BCUT2D eigenvalue weighted by atomic mass is 9.95. The van der Waals surface area contributed by atoms with Gasteiger partial charge in [-0.15, -0.1) is 0 Å². The highest BCUT2D eigenvalue weighted by Gasteiger charge is 2.19. The predicted octanol–water partition coefficient (Wildman–Crippen LogP) is 1.41. The average Bonchev–Trinajstić information content (AvgIpc) is 2.78. The molecule has 0 aromatic carbocycles. The van der Waals surface area contributed by atoms with Crippen LogP contribution >= 0.6 is 0 Å². The minimum atomic E-state index is 0.0731. The summed E-state index contributed by atoms with van der Waals surface area (Å²) in [6.07, 6.45) is 8.55. The summed E-state index contributed by atoms with van der Waals surface area (Å²) < 4.78 is 2.08. The van der Waals surface area contributed by atoms with E-state index in [0.717, 1.165) is 32.4 Å². The van der Waals surface area contributed by atoms with E-state index in [9.17, 15) is 0 Å². The number of hydrogen-bond acceptors (Lipinski definition) is 3. The van der Waals surface area contributed by atoms with Crippen LogP contribution in [0.3, 0.4) is 0 Å². The summed E-state index contributed by atoms with van der Waals surface area (Å²) in [6, 6.07) is 0. The molecular formula is C12H23N3O. The van der Waals surface area contributed by atoms with Gasteiger partial charge in [0.25, 0.3) is 0 Å². The van der Waals surface area contributed by atoms with Gasteiger partial charge in [0.1, 0.15) is 0 Å². The first-order valence-corrected chi connectivity index (χ1v) is 6.02. The molecule has 0 aliphatic carbocycles. The molecular weight excluding hydrogens is 202 g/mol. The Hall–Kier alpha value is -0.870. The maximum atomic E-state index is 8.99. The lowest BCUT2D eigenvalue weighted by Crippen LogP contribution is -2.43. The van der Waals surface area contributed by atoms with Gasteiger partial charge in [0, 0.05) is 31.1 Å². The minimum absolute atomic E-state index is 0.0731. The van der Waals surface area contributed by atoms with Crippen molar-refractivity contribution in [2.75, 3.05) is 13.2 Å². The molecule has 1 heterocycles. The van der Waals surface area contributed by atoms with Gasteiger partial charge < -0.3 is 15.0 Å². The fraction of sp³-hybridized carbons (Fsp3) is 0.750. The SMILES string of the molecule is CCC(C)(CCO)NCCCn1ccnc1. The molecule has 1 aromatic heterocycles. The molecule has 0 radical (unpaired) electrons. The number of rotatable bonds is 8. The second-order valence-electron chi connectivity index (χ2n) is 4.47. The molecule has 0 saturated heterocycles. The zero-order valence-electron chi connectivity index (χ0n) is 10.3. The van der Waals surface area contributed by atoms with Crippen LogP contribution < -0.4 is 5.32 Å². The van der Waals surface area contributed by atoms with Crippen LogP contribution in [0, 0.1) is 0 Å². The average molecular weight is 225 g/mol. The van der Waals surface area contributed by atoms with Gasteiger partial charge in [0.15, 0.2) is 0 Å². The van der Waals surface area contributed by atoms with Gasteiger partial charge in [-0.3, -0.25) is 0 Å². The van der Waals surface area contributed by atoms with Gasteiger partial charge in [-0.25, -0.2) is 4.98 Å². The molecule has 92 valence electrons. The second kappa shape index (κ2) is 6.66. The Morgan fingerprint density at radius 3 is 2.88 bits per heavy atom. The van der Waals surface area contributed by atoms with Gasteiger partial charge in [-0.05, 0) is 32.7 Å². The Labute approximate surface area is 97.7 Å². The van der Waals surface area contributed by atoms with E-state index >= 15 is 0 Å². The lowest BCUT2D eigenvalue weighted by Gasteiger charge is -2.29. The van der Waals surface area contributed by atoms with Gasteiger partial charge in [0.2, 0.25) is 0 Å². The molecule has 1 atom stereocenters. The zero-order valence-corrected chi connectivity index (χ0v) is 10.3. The third-order valence-corrected chi connectivity index (χ3v) is 3.15. The van der Waals surface area contributed by atoms with E-state index in [1.54, 1.807) is 6.20 Å². The fourth-order valence-corrected chi connectivity index (χ4v) is 1.71. The van der Waals surface area contributed by atoms with Crippen LogP contribution in [0.15, 0.2) is 18.7 Å². The minimum Gasteiger partial charge on any atom is -0.396 e. The van der Waals surface area contributed by atoms with Crippen molar-refractivity contribution >= 4 is 0 Å². The highest BCUT2D eigenvalue weighted by atomic mass is 16.3. The molecule has 4 heteroatoms. The van der Waals surface area contributed by atoms with E-state index in [2.05, 4.69) is 28.7 Å². The number of imidazole rings is 1. The van der Waals surface area contributed by atoms with Crippen LogP contribution in [0.25, 0.3) is 0 Å². The zero-order chi connectivity index (χ0) is 11.9. The fourth-order valence-electron chi connectivity index (χ4n) is 1.71. The molecule has 1 aromatic rings. The highest BCUT2D eigenvalue weighted by molar-refractivity contribution is 4.81. The van der Waals surface area contributed by atoms with Crippen LogP contribution in [0.4, 0.5) is 0 Å². The predicted molar refractivity (Wildman–Crippen MR) is 65.2 cm³/mol. The first kappa shape index (κ1) is 13.2. The second-order valence-corrected chi connectivity index (χ2v) is 4.47.